The topological polar surface area (TPSA) is 80.9 Å². The summed E-state index contributed by atoms with van der Waals surface area (Å²) in [5, 5.41) is 38.2. The van der Waals surface area contributed by atoms with E-state index >= 15 is 0 Å². The number of aromatic hydroxyl groups is 4. The van der Waals surface area contributed by atoms with Crippen molar-refractivity contribution in [2.75, 3.05) is 0 Å². The van der Waals surface area contributed by atoms with E-state index in [-0.39, 0.29) is 23.0 Å². The second-order valence-electron chi connectivity index (χ2n) is 6.08. The predicted octanol–water partition coefficient (Wildman–Crippen LogP) is 6.50. The average molecular weight is 437 g/mol. The Morgan fingerprint density at radius 3 is 0.733 bits per heavy atom. The number of hydrogen-bond acceptors (Lipinski definition) is 6. The smallest absolute Gasteiger partial charge is 0.129 e. The van der Waals surface area contributed by atoms with E-state index in [0.29, 0.717) is 0 Å². The van der Waals surface area contributed by atoms with E-state index in [4.69, 9.17) is 0 Å². The molecule has 0 amide bonds. The van der Waals surface area contributed by atoms with E-state index in [0.717, 1.165) is 19.6 Å². The molecule has 30 heavy (non-hydrogen) atoms. The van der Waals surface area contributed by atoms with Gasteiger partial charge in [0, 0.05) is 0 Å². The third-order valence-corrected chi connectivity index (χ3v) is 6.16. The molecule has 0 heterocycles. The van der Waals surface area contributed by atoms with Crippen LogP contribution in [0.1, 0.15) is 0 Å². The molecule has 0 aromatic heterocycles. The summed E-state index contributed by atoms with van der Waals surface area (Å²) in [7, 11) is 0. The number of benzene rings is 4. The maximum absolute atomic E-state index is 9.56. The zero-order valence-electron chi connectivity index (χ0n) is 15.8. The van der Waals surface area contributed by atoms with Crippen molar-refractivity contribution < 1.29 is 20.4 Å². The Kier molecular flexibility index (Phi) is 7.54. The van der Waals surface area contributed by atoms with Crippen molar-refractivity contribution in [2.24, 2.45) is 0 Å². The van der Waals surface area contributed by atoms with Gasteiger partial charge in [-0.25, -0.2) is 0 Å². The van der Waals surface area contributed by atoms with Gasteiger partial charge in [0.2, 0.25) is 0 Å². The van der Waals surface area contributed by atoms with Crippen LogP contribution < -0.4 is 0 Å². The fourth-order valence-corrected chi connectivity index (χ4v) is 4.16. The molecule has 0 saturated heterocycles. The van der Waals surface area contributed by atoms with Gasteiger partial charge in [0.1, 0.15) is 23.0 Å². The van der Waals surface area contributed by atoms with Crippen LogP contribution in [-0.4, -0.2) is 20.4 Å². The minimum Gasteiger partial charge on any atom is -0.507 e. The molecule has 0 bridgehead atoms. The first-order valence-electron chi connectivity index (χ1n) is 9.02. The molecule has 4 nitrogen and oxygen atoms in total. The van der Waals surface area contributed by atoms with E-state index in [1.165, 1.54) is 23.5 Å². The van der Waals surface area contributed by atoms with Crippen molar-refractivity contribution in [1.82, 2.24) is 0 Å². The first-order chi connectivity index (χ1) is 14.5. The van der Waals surface area contributed by atoms with Crippen LogP contribution in [0.15, 0.2) is 117 Å². The van der Waals surface area contributed by atoms with E-state index in [1.807, 2.05) is 48.5 Å². The molecular formula is C24H20O4S2. The second-order valence-corrected chi connectivity index (χ2v) is 8.24. The van der Waals surface area contributed by atoms with Crippen LogP contribution in [0, 0.1) is 0 Å². The highest BCUT2D eigenvalue weighted by Gasteiger charge is 2.06. The molecule has 4 rings (SSSR count). The molecule has 0 atom stereocenters. The summed E-state index contributed by atoms with van der Waals surface area (Å²) in [5.74, 6) is 0.910. The molecule has 4 N–H and O–H groups in total. The lowest BCUT2D eigenvalue weighted by Crippen LogP contribution is -1.75. The molecule has 6 heteroatoms. The van der Waals surface area contributed by atoms with E-state index in [2.05, 4.69) is 0 Å². The molecule has 0 aliphatic rings. The van der Waals surface area contributed by atoms with Crippen LogP contribution >= 0.6 is 23.5 Å². The first kappa shape index (κ1) is 21.5. The maximum atomic E-state index is 9.56. The highest BCUT2D eigenvalue weighted by atomic mass is 32.2. The Labute approximate surface area is 183 Å². The fourth-order valence-electron chi connectivity index (χ4n) is 2.41. The summed E-state index contributed by atoms with van der Waals surface area (Å²) >= 11 is 2.68. The summed E-state index contributed by atoms with van der Waals surface area (Å²) < 4.78 is 0. The van der Waals surface area contributed by atoms with Gasteiger partial charge in [-0.05, 0) is 48.5 Å². The van der Waals surface area contributed by atoms with Gasteiger partial charge in [-0.2, -0.15) is 0 Å². The van der Waals surface area contributed by atoms with Crippen LogP contribution in [0.2, 0.25) is 0 Å². The van der Waals surface area contributed by atoms with Crippen LogP contribution in [0.5, 0.6) is 23.0 Å². The van der Waals surface area contributed by atoms with Crippen LogP contribution in [0.25, 0.3) is 0 Å². The SMILES string of the molecule is Oc1ccccc1Sc1ccccc1O.Oc1ccccc1Sc1ccccc1O. The zero-order valence-corrected chi connectivity index (χ0v) is 17.5. The average Bonchev–Trinajstić information content (AvgIpc) is 2.75. The summed E-state index contributed by atoms with van der Waals surface area (Å²) in [5.41, 5.74) is 0. The van der Waals surface area contributed by atoms with Gasteiger partial charge in [0.05, 0.1) is 19.6 Å². The van der Waals surface area contributed by atoms with Gasteiger partial charge in [0.25, 0.3) is 0 Å². The summed E-state index contributed by atoms with van der Waals surface area (Å²) in [6.07, 6.45) is 0. The Morgan fingerprint density at radius 1 is 0.333 bits per heavy atom. The molecule has 4 aromatic carbocycles. The molecular weight excluding hydrogens is 416 g/mol. The van der Waals surface area contributed by atoms with Gasteiger partial charge in [0.15, 0.2) is 0 Å². The Morgan fingerprint density at radius 2 is 0.533 bits per heavy atom. The van der Waals surface area contributed by atoms with Crippen molar-refractivity contribution in [2.45, 2.75) is 19.6 Å². The molecule has 0 fully saturated rings. The molecule has 0 unspecified atom stereocenters. The zero-order chi connectivity index (χ0) is 21.3. The largest absolute Gasteiger partial charge is 0.507 e. The highest BCUT2D eigenvalue weighted by molar-refractivity contribution is 7.99. The lowest BCUT2D eigenvalue weighted by atomic mass is 10.3. The lowest BCUT2D eigenvalue weighted by Gasteiger charge is -2.05. The third kappa shape index (κ3) is 5.89. The number of para-hydroxylation sites is 4. The second kappa shape index (κ2) is 10.5. The van der Waals surface area contributed by atoms with Crippen molar-refractivity contribution >= 4 is 23.5 Å². The molecule has 0 aliphatic carbocycles. The van der Waals surface area contributed by atoms with Gasteiger partial charge in [-0.3, -0.25) is 0 Å². The molecule has 0 radical (unpaired) electrons. The monoisotopic (exact) mass is 436 g/mol. The number of phenols is 4. The molecule has 152 valence electrons. The fraction of sp³-hybridized carbons (Fsp3) is 0. The number of hydrogen-bond donors (Lipinski definition) is 4. The van der Waals surface area contributed by atoms with Crippen molar-refractivity contribution in [3.8, 4) is 23.0 Å². The maximum Gasteiger partial charge on any atom is 0.129 e. The molecule has 4 aromatic rings. The van der Waals surface area contributed by atoms with Crippen LogP contribution in [0.3, 0.4) is 0 Å². The Balaban J connectivity index is 0.000000171. The van der Waals surface area contributed by atoms with Crippen molar-refractivity contribution in [3.05, 3.63) is 97.1 Å². The standard InChI is InChI=1S/2C12H10O2S/c2*13-9-5-1-3-7-11(9)15-12-8-4-2-6-10(12)14/h2*1-8,13-14H. The van der Waals surface area contributed by atoms with E-state index in [1.54, 1.807) is 48.5 Å². The highest BCUT2D eigenvalue weighted by Crippen LogP contribution is 2.39. The predicted molar refractivity (Wildman–Crippen MR) is 121 cm³/mol. The Hall–Kier alpha value is -3.22. The van der Waals surface area contributed by atoms with Gasteiger partial charge in [-0.1, -0.05) is 72.1 Å². The summed E-state index contributed by atoms with van der Waals surface area (Å²) in [6, 6.07) is 28.2. The molecule has 0 saturated carbocycles. The minimum absolute atomic E-state index is 0.228. The van der Waals surface area contributed by atoms with E-state index < -0.39 is 0 Å². The van der Waals surface area contributed by atoms with Crippen LogP contribution in [0.4, 0.5) is 0 Å². The number of rotatable bonds is 4. The van der Waals surface area contributed by atoms with E-state index in [9.17, 15) is 20.4 Å². The quantitative estimate of drug-likeness (QED) is 0.292. The third-order valence-electron chi connectivity index (χ3n) is 3.90. The lowest BCUT2D eigenvalue weighted by molar-refractivity contribution is 0.458. The molecule has 0 spiro atoms. The summed E-state index contributed by atoms with van der Waals surface area (Å²) in [4.78, 5) is 2.94. The van der Waals surface area contributed by atoms with Crippen molar-refractivity contribution in [3.63, 3.8) is 0 Å². The Bertz CT molecular complexity index is 939. The van der Waals surface area contributed by atoms with Crippen LogP contribution in [-0.2, 0) is 0 Å². The normalized spacial score (nSPS) is 10.1. The van der Waals surface area contributed by atoms with Crippen molar-refractivity contribution in [1.29, 1.82) is 0 Å². The number of phenolic OH excluding ortho intramolecular Hbond substituents is 4. The van der Waals surface area contributed by atoms with Gasteiger partial charge < -0.3 is 20.4 Å². The summed E-state index contributed by atoms with van der Waals surface area (Å²) in [6.45, 7) is 0. The van der Waals surface area contributed by atoms with Gasteiger partial charge in [-0.15, -0.1) is 0 Å². The first-order valence-corrected chi connectivity index (χ1v) is 10.7. The molecule has 0 aliphatic heterocycles. The van der Waals surface area contributed by atoms with Gasteiger partial charge >= 0.3 is 0 Å². The minimum atomic E-state index is 0.228.